The molecule has 2 N–H and O–H groups in total. The Morgan fingerprint density at radius 2 is 2.26 bits per heavy atom. The maximum atomic E-state index is 11.0. The number of carboxylic acid groups (broad SMARTS) is 1. The van der Waals surface area contributed by atoms with Gasteiger partial charge < -0.3 is 10.4 Å². The van der Waals surface area contributed by atoms with E-state index in [2.05, 4.69) is 20.3 Å². The third-order valence-corrected chi connectivity index (χ3v) is 2.79. The lowest BCUT2D eigenvalue weighted by molar-refractivity contribution is 0.0694. The predicted octanol–water partition coefficient (Wildman–Crippen LogP) is 1.42. The molecule has 6 heteroatoms. The lowest BCUT2D eigenvalue weighted by Crippen LogP contribution is -2.21. The van der Waals surface area contributed by atoms with E-state index in [0.717, 1.165) is 5.56 Å². The Labute approximate surface area is 110 Å². The number of hydrogen-bond donors (Lipinski definition) is 2. The van der Waals surface area contributed by atoms with Crippen LogP contribution in [0, 0.1) is 0 Å². The maximum absolute atomic E-state index is 11.0. The Hall–Kier alpha value is -2.34. The van der Waals surface area contributed by atoms with Crippen LogP contribution >= 0.6 is 0 Å². The number of nitrogens with one attached hydrogen (secondary N) is 1. The molecule has 0 aliphatic carbocycles. The van der Waals surface area contributed by atoms with Gasteiger partial charge in [0, 0.05) is 31.2 Å². The first-order valence-corrected chi connectivity index (χ1v) is 5.84. The number of nitrogens with zero attached hydrogens (tertiary/aromatic N) is 3. The van der Waals surface area contributed by atoms with Crippen LogP contribution in [-0.2, 0) is 6.54 Å². The molecule has 0 saturated heterocycles. The molecule has 1 atom stereocenters. The number of rotatable bonds is 5. The third-order valence-electron chi connectivity index (χ3n) is 2.79. The molecular weight excluding hydrogens is 244 g/mol. The highest BCUT2D eigenvalue weighted by molar-refractivity contribution is 5.88. The topological polar surface area (TPSA) is 88.0 Å². The van der Waals surface area contributed by atoms with Crippen molar-refractivity contribution in [3.05, 3.63) is 53.9 Å². The van der Waals surface area contributed by atoms with Crippen LogP contribution in [0.5, 0.6) is 0 Å². The summed E-state index contributed by atoms with van der Waals surface area (Å²) < 4.78 is 0. The first kappa shape index (κ1) is 13.1. The smallest absolute Gasteiger partial charge is 0.339 e. The standard InChI is InChI=1S/C13H14N4O2/c1-9(10-3-2-4-14-5-10)16-7-12-11(13(18)19)6-15-8-17-12/h2-6,8-9,16H,7H2,1H3,(H,18,19). The van der Waals surface area contributed by atoms with Gasteiger partial charge in [-0.05, 0) is 18.6 Å². The Balaban J connectivity index is 2.05. The minimum absolute atomic E-state index is 0.0605. The zero-order chi connectivity index (χ0) is 13.7. The lowest BCUT2D eigenvalue weighted by Gasteiger charge is -2.14. The molecule has 2 aromatic rings. The molecule has 0 aliphatic heterocycles. The fourth-order valence-corrected chi connectivity index (χ4v) is 1.67. The second-order valence-corrected chi connectivity index (χ2v) is 4.08. The van der Waals surface area contributed by atoms with E-state index in [1.807, 2.05) is 19.1 Å². The van der Waals surface area contributed by atoms with Crippen molar-refractivity contribution in [3.63, 3.8) is 0 Å². The molecule has 0 radical (unpaired) electrons. The number of hydrogen-bond acceptors (Lipinski definition) is 5. The van der Waals surface area contributed by atoms with Gasteiger partial charge in [-0.15, -0.1) is 0 Å². The molecule has 2 rings (SSSR count). The summed E-state index contributed by atoms with van der Waals surface area (Å²) in [6.07, 6.45) is 6.14. The van der Waals surface area contributed by atoms with Crippen LogP contribution in [0.15, 0.2) is 37.1 Å². The van der Waals surface area contributed by atoms with Gasteiger partial charge >= 0.3 is 5.97 Å². The van der Waals surface area contributed by atoms with Gasteiger partial charge in [0.2, 0.25) is 0 Å². The molecule has 0 aromatic carbocycles. The van der Waals surface area contributed by atoms with E-state index in [-0.39, 0.29) is 11.6 Å². The predicted molar refractivity (Wildman–Crippen MR) is 68.5 cm³/mol. The van der Waals surface area contributed by atoms with Crippen LogP contribution in [-0.4, -0.2) is 26.0 Å². The van der Waals surface area contributed by atoms with Gasteiger partial charge in [0.25, 0.3) is 0 Å². The third kappa shape index (κ3) is 3.32. The van der Waals surface area contributed by atoms with Crippen molar-refractivity contribution in [2.75, 3.05) is 0 Å². The zero-order valence-electron chi connectivity index (χ0n) is 10.4. The number of aromatic nitrogens is 3. The summed E-state index contributed by atoms with van der Waals surface area (Å²) in [4.78, 5) is 22.8. The van der Waals surface area contributed by atoms with Gasteiger partial charge in [-0.1, -0.05) is 6.07 Å². The average molecular weight is 258 g/mol. The number of carbonyl (C=O) groups is 1. The van der Waals surface area contributed by atoms with Gasteiger partial charge in [-0.3, -0.25) is 4.98 Å². The molecule has 1 unspecified atom stereocenters. The van der Waals surface area contributed by atoms with Gasteiger partial charge in [0.15, 0.2) is 0 Å². The summed E-state index contributed by atoms with van der Waals surface area (Å²) in [6, 6.07) is 3.88. The Bertz CT molecular complexity index is 560. The maximum Gasteiger partial charge on any atom is 0.339 e. The van der Waals surface area contributed by atoms with Crippen LogP contribution in [0.2, 0.25) is 0 Å². The van der Waals surface area contributed by atoms with Gasteiger partial charge in [-0.25, -0.2) is 14.8 Å². The van der Waals surface area contributed by atoms with E-state index in [4.69, 9.17) is 5.11 Å². The number of aromatic carboxylic acids is 1. The lowest BCUT2D eigenvalue weighted by atomic mass is 10.1. The molecule has 2 aromatic heterocycles. The first-order valence-electron chi connectivity index (χ1n) is 5.84. The minimum atomic E-state index is -1.02. The number of carboxylic acids is 1. The van der Waals surface area contributed by atoms with E-state index in [0.29, 0.717) is 12.2 Å². The highest BCUT2D eigenvalue weighted by Crippen LogP contribution is 2.11. The second-order valence-electron chi connectivity index (χ2n) is 4.08. The SMILES string of the molecule is CC(NCc1ncncc1C(=O)O)c1cccnc1. The van der Waals surface area contributed by atoms with Crippen molar-refractivity contribution in [2.24, 2.45) is 0 Å². The average Bonchev–Trinajstić information content (AvgIpc) is 2.46. The molecule has 2 heterocycles. The monoisotopic (exact) mass is 258 g/mol. The largest absolute Gasteiger partial charge is 0.478 e. The van der Waals surface area contributed by atoms with Crippen molar-refractivity contribution in [1.29, 1.82) is 0 Å². The second kappa shape index (κ2) is 6.01. The minimum Gasteiger partial charge on any atom is -0.478 e. The number of pyridine rings is 1. The molecule has 0 saturated carbocycles. The van der Waals surface area contributed by atoms with E-state index >= 15 is 0 Å². The molecule has 6 nitrogen and oxygen atoms in total. The van der Waals surface area contributed by atoms with Gasteiger partial charge in [0.1, 0.15) is 11.9 Å². The van der Waals surface area contributed by atoms with Gasteiger partial charge in [0.05, 0.1) is 5.69 Å². The van der Waals surface area contributed by atoms with Crippen molar-refractivity contribution in [3.8, 4) is 0 Å². The first-order chi connectivity index (χ1) is 9.18. The van der Waals surface area contributed by atoms with Crippen LogP contribution < -0.4 is 5.32 Å². The van der Waals surface area contributed by atoms with Crippen LogP contribution in [0.3, 0.4) is 0 Å². The van der Waals surface area contributed by atoms with E-state index in [1.54, 1.807) is 12.4 Å². The van der Waals surface area contributed by atoms with E-state index in [1.165, 1.54) is 12.5 Å². The molecule has 98 valence electrons. The summed E-state index contributed by atoms with van der Waals surface area (Å²) in [5.41, 5.74) is 1.63. The van der Waals surface area contributed by atoms with E-state index in [9.17, 15) is 4.79 Å². The summed E-state index contributed by atoms with van der Waals surface area (Å²) >= 11 is 0. The molecule has 0 amide bonds. The molecule has 0 aliphatic rings. The summed E-state index contributed by atoms with van der Waals surface area (Å²) in [7, 11) is 0. The summed E-state index contributed by atoms with van der Waals surface area (Å²) in [5, 5.41) is 12.2. The summed E-state index contributed by atoms with van der Waals surface area (Å²) in [5.74, 6) is -1.02. The molecule has 19 heavy (non-hydrogen) atoms. The molecule has 0 spiro atoms. The molecular formula is C13H14N4O2. The fourth-order valence-electron chi connectivity index (χ4n) is 1.67. The highest BCUT2D eigenvalue weighted by atomic mass is 16.4. The Morgan fingerprint density at radius 1 is 1.42 bits per heavy atom. The molecule has 0 bridgehead atoms. The van der Waals surface area contributed by atoms with Crippen LogP contribution in [0.4, 0.5) is 0 Å². The summed E-state index contributed by atoms with van der Waals surface area (Å²) in [6.45, 7) is 2.35. The van der Waals surface area contributed by atoms with Crippen LogP contribution in [0.1, 0.15) is 34.6 Å². The van der Waals surface area contributed by atoms with Gasteiger partial charge in [-0.2, -0.15) is 0 Å². The van der Waals surface area contributed by atoms with Crippen molar-refractivity contribution >= 4 is 5.97 Å². The highest BCUT2D eigenvalue weighted by Gasteiger charge is 2.12. The quantitative estimate of drug-likeness (QED) is 0.843. The Kier molecular flexibility index (Phi) is 4.15. The van der Waals surface area contributed by atoms with Crippen molar-refractivity contribution in [2.45, 2.75) is 19.5 Å². The van der Waals surface area contributed by atoms with Crippen LogP contribution in [0.25, 0.3) is 0 Å². The molecule has 0 fully saturated rings. The zero-order valence-corrected chi connectivity index (χ0v) is 10.4. The normalized spacial score (nSPS) is 12.1. The fraction of sp³-hybridized carbons (Fsp3) is 0.231. The Morgan fingerprint density at radius 3 is 2.95 bits per heavy atom. The van der Waals surface area contributed by atoms with Crippen molar-refractivity contribution in [1.82, 2.24) is 20.3 Å². The van der Waals surface area contributed by atoms with Crippen molar-refractivity contribution < 1.29 is 9.90 Å². The van der Waals surface area contributed by atoms with E-state index < -0.39 is 5.97 Å².